The van der Waals surface area contributed by atoms with Crippen LogP contribution in [-0.4, -0.2) is 52.0 Å². The molecule has 7 heteroatoms. The van der Waals surface area contributed by atoms with Crippen LogP contribution in [0.4, 0.5) is 0 Å². The molecule has 0 aliphatic carbocycles. The van der Waals surface area contributed by atoms with Crippen molar-refractivity contribution in [2.24, 2.45) is 5.73 Å². The summed E-state index contributed by atoms with van der Waals surface area (Å²) in [6, 6.07) is 0. The summed E-state index contributed by atoms with van der Waals surface area (Å²) in [4.78, 5) is 24.5. The maximum absolute atomic E-state index is 10.9. The van der Waals surface area contributed by atoms with Crippen LogP contribution in [0.5, 0.6) is 5.88 Å². The number of carbonyl (C=O) groups is 1. The first-order valence-corrected chi connectivity index (χ1v) is 6.89. The lowest BCUT2D eigenvalue weighted by Crippen LogP contribution is -2.39. The van der Waals surface area contributed by atoms with Gasteiger partial charge in [-0.05, 0) is 25.6 Å². The Morgan fingerprint density at radius 3 is 3.05 bits per heavy atom. The van der Waals surface area contributed by atoms with Crippen LogP contribution in [0.1, 0.15) is 12.0 Å². The molecule has 2 aromatic rings. The molecule has 0 atom stereocenters. The van der Waals surface area contributed by atoms with Gasteiger partial charge in [-0.1, -0.05) is 0 Å². The van der Waals surface area contributed by atoms with Gasteiger partial charge in [-0.25, -0.2) is 9.97 Å². The number of nitrogens with zero attached hydrogens (tertiary/aromatic N) is 3. The van der Waals surface area contributed by atoms with Crippen molar-refractivity contribution in [2.75, 3.05) is 26.2 Å². The number of nitrogens with one attached hydrogen (secondary N) is 1. The topological polar surface area (TPSA) is 97.1 Å². The predicted octanol–water partition coefficient (Wildman–Crippen LogP) is 0.541. The Bertz CT molecular complexity index is 675. The van der Waals surface area contributed by atoms with Crippen molar-refractivity contribution in [1.82, 2.24) is 19.9 Å². The largest absolute Gasteiger partial charge is 0.476 e. The van der Waals surface area contributed by atoms with Gasteiger partial charge in [-0.2, -0.15) is 0 Å². The number of likely N-dealkylation sites (tertiary alicyclic amines) is 1. The Kier molecular flexibility index (Phi) is 3.83. The van der Waals surface area contributed by atoms with E-state index in [0.717, 1.165) is 30.6 Å². The molecule has 7 nitrogen and oxygen atoms in total. The fraction of sp³-hybridized carbons (Fsp3) is 0.357. The highest BCUT2D eigenvalue weighted by atomic mass is 16.5. The van der Waals surface area contributed by atoms with E-state index >= 15 is 0 Å². The number of ether oxygens (including phenoxy) is 1. The number of fused-ring (bicyclic) bond motifs is 1. The van der Waals surface area contributed by atoms with Gasteiger partial charge in [-0.3, -0.25) is 9.69 Å². The summed E-state index contributed by atoms with van der Waals surface area (Å²) >= 11 is 0. The van der Waals surface area contributed by atoms with Crippen LogP contribution in [0, 0.1) is 0 Å². The molecule has 0 bridgehead atoms. The molecule has 1 aliphatic heterocycles. The van der Waals surface area contributed by atoms with E-state index < -0.39 is 5.91 Å². The first-order valence-electron chi connectivity index (χ1n) is 6.89. The van der Waals surface area contributed by atoms with Crippen molar-refractivity contribution >= 4 is 23.0 Å². The molecule has 1 amide bonds. The van der Waals surface area contributed by atoms with Gasteiger partial charge in [0.25, 0.3) is 0 Å². The number of amides is 1. The van der Waals surface area contributed by atoms with Gasteiger partial charge in [-0.15, -0.1) is 0 Å². The van der Waals surface area contributed by atoms with Crippen LogP contribution in [0.25, 0.3) is 17.1 Å². The van der Waals surface area contributed by atoms with Crippen molar-refractivity contribution in [3.05, 3.63) is 24.2 Å². The number of hydrogen-bond donors (Lipinski definition) is 2. The van der Waals surface area contributed by atoms with E-state index in [2.05, 4.69) is 19.9 Å². The fourth-order valence-corrected chi connectivity index (χ4v) is 2.25. The smallest absolute Gasteiger partial charge is 0.241 e. The molecule has 0 radical (unpaired) electrons. The Morgan fingerprint density at radius 1 is 1.48 bits per heavy atom. The fourth-order valence-electron chi connectivity index (χ4n) is 2.25. The van der Waals surface area contributed by atoms with Crippen molar-refractivity contribution in [3.63, 3.8) is 0 Å². The van der Waals surface area contributed by atoms with E-state index in [1.54, 1.807) is 12.3 Å². The number of rotatable bonds is 6. The molecule has 0 unspecified atom stereocenters. The number of H-pyrrole nitrogens is 1. The molecule has 21 heavy (non-hydrogen) atoms. The summed E-state index contributed by atoms with van der Waals surface area (Å²) in [5, 5.41) is 0.763. The zero-order valence-electron chi connectivity index (χ0n) is 11.6. The van der Waals surface area contributed by atoms with E-state index in [1.165, 1.54) is 18.8 Å². The van der Waals surface area contributed by atoms with Crippen LogP contribution in [0.15, 0.2) is 18.6 Å². The standard InChI is InChI=1S/C14H17N5O2/c15-11(20)3-2-10-8-16-13-12(10)14(18-9-17-13)21-7-6-19-4-1-5-19/h2-3,8-9H,1,4-7H2,(H2,15,20)(H,16,17,18)/b3-2+. The number of primary amides is 1. The molecular formula is C14H17N5O2. The maximum atomic E-state index is 10.9. The number of hydrogen-bond acceptors (Lipinski definition) is 5. The van der Waals surface area contributed by atoms with Gasteiger partial charge in [0.2, 0.25) is 11.8 Å². The first-order chi connectivity index (χ1) is 10.2. The molecule has 1 fully saturated rings. The predicted molar refractivity (Wildman–Crippen MR) is 78.7 cm³/mol. The van der Waals surface area contributed by atoms with E-state index in [4.69, 9.17) is 10.5 Å². The number of aromatic amines is 1. The summed E-state index contributed by atoms with van der Waals surface area (Å²) in [5.41, 5.74) is 6.58. The Labute approximate surface area is 121 Å². The van der Waals surface area contributed by atoms with Crippen LogP contribution < -0.4 is 10.5 Å². The average molecular weight is 287 g/mol. The Balaban J connectivity index is 1.79. The van der Waals surface area contributed by atoms with E-state index in [9.17, 15) is 4.79 Å². The summed E-state index contributed by atoms with van der Waals surface area (Å²) in [7, 11) is 0. The van der Waals surface area contributed by atoms with Gasteiger partial charge >= 0.3 is 0 Å². The highest BCUT2D eigenvalue weighted by Crippen LogP contribution is 2.26. The second-order valence-corrected chi connectivity index (χ2v) is 4.93. The van der Waals surface area contributed by atoms with Crippen LogP contribution in [-0.2, 0) is 4.79 Å². The minimum Gasteiger partial charge on any atom is -0.476 e. The summed E-state index contributed by atoms with van der Waals surface area (Å²) in [5.74, 6) is 0.0207. The molecule has 3 rings (SSSR count). The minimum absolute atomic E-state index is 0.499. The third-order valence-electron chi connectivity index (χ3n) is 3.49. The zero-order valence-corrected chi connectivity index (χ0v) is 11.6. The van der Waals surface area contributed by atoms with Crippen molar-refractivity contribution in [1.29, 1.82) is 0 Å². The Hall–Kier alpha value is -2.41. The van der Waals surface area contributed by atoms with Gasteiger partial charge in [0.15, 0.2) is 0 Å². The molecule has 1 saturated heterocycles. The lowest BCUT2D eigenvalue weighted by Gasteiger charge is -2.30. The van der Waals surface area contributed by atoms with E-state index in [0.29, 0.717) is 18.1 Å². The van der Waals surface area contributed by atoms with Gasteiger partial charge in [0, 0.05) is 24.4 Å². The summed E-state index contributed by atoms with van der Waals surface area (Å²) in [6.45, 7) is 3.75. The number of nitrogens with two attached hydrogens (primary N) is 1. The SMILES string of the molecule is NC(=O)/C=C/c1c[nH]c2ncnc(OCCN3CCC3)c12. The molecule has 1 aliphatic rings. The van der Waals surface area contributed by atoms with Crippen LogP contribution in [0.2, 0.25) is 0 Å². The van der Waals surface area contributed by atoms with Crippen LogP contribution >= 0.6 is 0 Å². The monoisotopic (exact) mass is 287 g/mol. The lowest BCUT2D eigenvalue weighted by molar-refractivity contribution is -0.113. The minimum atomic E-state index is -0.499. The second-order valence-electron chi connectivity index (χ2n) is 4.93. The number of aromatic nitrogens is 3. The van der Waals surface area contributed by atoms with Crippen molar-refractivity contribution in [2.45, 2.75) is 6.42 Å². The van der Waals surface area contributed by atoms with Crippen molar-refractivity contribution < 1.29 is 9.53 Å². The van der Waals surface area contributed by atoms with Gasteiger partial charge in [0.05, 0.1) is 5.39 Å². The van der Waals surface area contributed by atoms with Crippen LogP contribution in [0.3, 0.4) is 0 Å². The highest BCUT2D eigenvalue weighted by Gasteiger charge is 2.14. The summed E-state index contributed by atoms with van der Waals surface area (Å²) in [6.07, 6.45) is 7.41. The van der Waals surface area contributed by atoms with E-state index in [-0.39, 0.29) is 0 Å². The van der Waals surface area contributed by atoms with E-state index in [1.807, 2.05) is 0 Å². The molecule has 110 valence electrons. The maximum Gasteiger partial charge on any atom is 0.241 e. The number of carbonyl (C=O) groups excluding carboxylic acids is 1. The quantitative estimate of drug-likeness (QED) is 0.756. The third-order valence-corrected chi connectivity index (χ3v) is 3.49. The summed E-state index contributed by atoms with van der Waals surface area (Å²) < 4.78 is 5.77. The Morgan fingerprint density at radius 2 is 2.33 bits per heavy atom. The molecule has 0 aromatic carbocycles. The highest BCUT2D eigenvalue weighted by molar-refractivity contribution is 5.96. The van der Waals surface area contributed by atoms with Gasteiger partial charge < -0.3 is 15.5 Å². The lowest BCUT2D eigenvalue weighted by atomic mass is 10.2. The first kappa shape index (κ1) is 13.6. The molecule has 3 heterocycles. The zero-order chi connectivity index (χ0) is 14.7. The normalized spacial score (nSPS) is 15.4. The third kappa shape index (κ3) is 3.03. The van der Waals surface area contributed by atoms with Crippen molar-refractivity contribution in [3.8, 4) is 5.88 Å². The molecule has 0 saturated carbocycles. The van der Waals surface area contributed by atoms with Gasteiger partial charge in [0.1, 0.15) is 18.6 Å². The molecule has 0 spiro atoms. The molecular weight excluding hydrogens is 270 g/mol. The second kappa shape index (κ2) is 5.92. The molecule has 2 aromatic heterocycles. The molecule has 3 N–H and O–H groups in total. The average Bonchev–Trinajstić information content (AvgIpc) is 2.83.